The molecule has 4 heteroatoms. The normalized spacial score (nSPS) is 48.4. The second-order valence-electron chi connectivity index (χ2n) is 7.17. The van der Waals surface area contributed by atoms with Crippen LogP contribution in [0.5, 0.6) is 0 Å². The summed E-state index contributed by atoms with van der Waals surface area (Å²) < 4.78 is 0. The Morgan fingerprint density at radius 1 is 1.00 bits per heavy atom. The molecule has 0 aromatic heterocycles. The number of hydrogen-bond donors (Lipinski definition) is 1. The number of likely N-dealkylation sites (tertiary alicyclic amines) is 1. The lowest BCUT2D eigenvalue weighted by Crippen LogP contribution is -2.57. The topological polar surface area (TPSA) is 49.4 Å². The summed E-state index contributed by atoms with van der Waals surface area (Å²) in [6.07, 6.45) is 7.18. The maximum Gasteiger partial charge on any atom is 0.246 e. The average molecular weight is 262 g/mol. The van der Waals surface area contributed by atoms with Gasteiger partial charge in [0, 0.05) is 13.1 Å². The van der Waals surface area contributed by atoms with Gasteiger partial charge < -0.3 is 5.32 Å². The number of imide groups is 1. The van der Waals surface area contributed by atoms with Crippen LogP contribution in [0.15, 0.2) is 0 Å². The van der Waals surface area contributed by atoms with Gasteiger partial charge in [0.15, 0.2) is 0 Å². The quantitative estimate of drug-likeness (QED) is 0.760. The molecule has 5 aliphatic rings. The van der Waals surface area contributed by atoms with Gasteiger partial charge in [0.05, 0.1) is 12.5 Å². The molecule has 4 aliphatic carbocycles. The zero-order valence-electron chi connectivity index (χ0n) is 11.5. The van der Waals surface area contributed by atoms with Crippen molar-refractivity contribution in [2.75, 3.05) is 7.05 Å². The minimum Gasteiger partial charge on any atom is -0.302 e. The molecule has 4 bridgehead atoms. The van der Waals surface area contributed by atoms with Crippen molar-refractivity contribution in [3.63, 3.8) is 0 Å². The minimum absolute atomic E-state index is 0.0289. The monoisotopic (exact) mass is 262 g/mol. The van der Waals surface area contributed by atoms with E-state index in [2.05, 4.69) is 5.32 Å². The van der Waals surface area contributed by atoms with Crippen LogP contribution >= 0.6 is 0 Å². The highest BCUT2D eigenvalue weighted by molar-refractivity contribution is 6.05. The lowest BCUT2D eigenvalue weighted by Gasteiger charge is -2.55. The minimum atomic E-state index is -0.250. The van der Waals surface area contributed by atoms with Crippen LogP contribution in [0.1, 0.15) is 38.5 Å². The van der Waals surface area contributed by atoms with Gasteiger partial charge in [-0.1, -0.05) is 0 Å². The summed E-state index contributed by atoms with van der Waals surface area (Å²) in [5, 5.41) is 3.56. The third-order valence-electron chi connectivity index (χ3n) is 6.00. The van der Waals surface area contributed by atoms with Crippen LogP contribution in [-0.4, -0.2) is 35.8 Å². The number of amides is 2. The van der Waals surface area contributed by atoms with Crippen LogP contribution in [-0.2, 0) is 9.59 Å². The Morgan fingerprint density at radius 3 is 2.05 bits per heavy atom. The van der Waals surface area contributed by atoms with Gasteiger partial charge in [-0.15, -0.1) is 0 Å². The smallest absolute Gasteiger partial charge is 0.246 e. The van der Waals surface area contributed by atoms with Crippen LogP contribution in [0.3, 0.4) is 0 Å². The van der Waals surface area contributed by atoms with Crippen molar-refractivity contribution in [1.82, 2.24) is 10.2 Å². The largest absolute Gasteiger partial charge is 0.302 e. The molecule has 1 saturated heterocycles. The maximum atomic E-state index is 12.0. The molecular weight excluding hydrogens is 240 g/mol. The molecule has 0 spiro atoms. The summed E-state index contributed by atoms with van der Waals surface area (Å²) in [6.45, 7) is 0. The van der Waals surface area contributed by atoms with Crippen LogP contribution in [0.2, 0.25) is 0 Å². The fraction of sp³-hybridized carbons (Fsp3) is 0.867. The summed E-state index contributed by atoms with van der Waals surface area (Å²) in [4.78, 5) is 24.9. The molecule has 5 fully saturated rings. The molecule has 1 unspecified atom stereocenters. The van der Waals surface area contributed by atoms with E-state index in [1.54, 1.807) is 7.05 Å². The van der Waals surface area contributed by atoms with Gasteiger partial charge in [0.2, 0.25) is 11.8 Å². The predicted octanol–water partition coefficient (Wildman–Crippen LogP) is 1.16. The first-order chi connectivity index (χ1) is 9.11. The van der Waals surface area contributed by atoms with Gasteiger partial charge in [-0.2, -0.15) is 0 Å². The molecule has 1 heterocycles. The summed E-state index contributed by atoms with van der Waals surface area (Å²) in [7, 11) is 1.60. The Kier molecular flexibility index (Phi) is 2.53. The number of hydrogen-bond acceptors (Lipinski definition) is 3. The van der Waals surface area contributed by atoms with E-state index in [4.69, 9.17) is 0 Å². The van der Waals surface area contributed by atoms with Gasteiger partial charge >= 0.3 is 0 Å². The SMILES string of the molecule is CN1C(=O)CC(NC2C3CC4CC(C3)CC2C4)C1=O. The van der Waals surface area contributed by atoms with Crippen LogP contribution < -0.4 is 5.32 Å². The number of nitrogens with zero attached hydrogens (tertiary/aromatic N) is 1. The Hall–Kier alpha value is -0.900. The standard InChI is InChI=1S/C15H22N2O2/c1-17-13(18)7-12(15(17)19)16-14-10-3-8-2-9(5-10)6-11(14)4-8/h8-12,14,16H,2-7H2,1H3. The molecule has 1 atom stereocenters. The van der Waals surface area contributed by atoms with Crippen molar-refractivity contribution >= 4 is 11.8 Å². The van der Waals surface area contributed by atoms with E-state index in [1.807, 2.05) is 0 Å². The summed E-state index contributed by atoms with van der Waals surface area (Å²) >= 11 is 0. The number of carbonyl (C=O) groups is 2. The Labute approximate surface area is 113 Å². The molecular formula is C15H22N2O2. The summed E-state index contributed by atoms with van der Waals surface area (Å²) in [5.74, 6) is 3.34. The third-order valence-corrected chi connectivity index (χ3v) is 6.00. The Balaban J connectivity index is 1.49. The van der Waals surface area contributed by atoms with Crippen molar-refractivity contribution in [1.29, 1.82) is 0 Å². The van der Waals surface area contributed by atoms with Gasteiger partial charge in [-0.05, 0) is 55.8 Å². The third kappa shape index (κ3) is 1.76. The number of nitrogens with one attached hydrogen (secondary N) is 1. The van der Waals surface area contributed by atoms with Crippen LogP contribution in [0.4, 0.5) is 0 Å². The fourth-order valence-corrected chi connectivity index (χ4v) is 5.32. The number of likely N-dealkylation sites (N-methyl/N-ethyl adjacent to an activating group) is 1. The van der Waals surface area contributed by atoms with E-state index in [1.165, 1.54) is 37.0 Å². The molecule has 0 aromatic rings. The highest BCUT2D eigenvalue weighted by atomic mass is 16.2. The van der Waals surface area contributed by atoms with E-state index in [0.29, 0.717) is 12.5 Å². The first kappa shape index (κ1) is 11.9. The van der Waals surface area contributed by atoms with Gasteiger partial charge in [-0.3, -0.25) is 14.5 Å². The van der Waals surface area contributed by atoms with Gasteiger partial charge in [-0.25, -0.2) is 0 Å². The fourth-order valence-electron chi connectivity index (χ4n) is 5.32. The van der Waals surface area contributed by atoms with E-state index in [9.17, 15) is 9.59 Å². The van der Waals surface area contributed by atoms with Crippen molar-refractivity contribution in [3.8, 4) is 0 Å². The molecule has 2 amide bonds. The highest BCUT2D eigenvalue weighted by Crippen LogP contribution is 2.53. The molecule has 1 aliphatic heterocycles. The lowest BCUT2D eigenvalue weighted by molar-refractivity contribution is -0.137. The average Bonchev–Trinajstić information content (AvgIpc) is 2.60. The molecule has 0 aromatic carbocycles. The summed E-state index contributed by atoms with van der Waals surface area (Å²) in [6, 6.07) is 0.237. The lowest BCUT2D eigenvalue weighted by atomic mass is 9.54. The van der Waals surface area contributed by atoms with E-state index < -0.39 is 0 Å². The molecule has 0 radical (unpaired) electrons. The van der Waals surface area contributed by atoms with Gasteiger partial charge in [0.25, 0.3) is 0 Å². The van der Waals surface area contributed by atoms with Crippen molar-refractivity contribution in [3.05, 3.63) is 0 Å². The molecule has 1 N–H and O–H groups in total. The molecule has 19 heavy (non-hydrogen) atoms. The first-order valence-corrected chi connectivity index (χ1v) is 7.68. The van der Waals surface area contributed by atoms with Gasteiger partial charge in [0.1, 0.15) is 0 Å². The second kappa shape index (κ2) is 4.05. The van der Waals surface area contributed by atoms with Crippen molar-refractivity contribution in [2.24, 2.45) is 23.7 Å². The Morgan fingerprint density at radius 2 is 1.58 bits per heavy atom. The second-order valence-corrected chi connectivity index (χ2v) is 7.17. The predicted molar refractivity (Wildman–Crippen MR) is 70.2 cm³/mol. The van der Waals surface area contributed by atoms with Crippen LogP contribution in [0.25, 0.3) is 0 Å². The maximum absolute atomic E-state index is 12.0. The molecule has 4 saturated carbocycles. The highest BCUT2D eigenvalue weighted by Gasteiger charge is 2.50. The zero-order chi connectivity index (χ0) is 13.1. The number of rotatable bonds is 2. The Bertz CT molecular complexity index is 406. The van der Waals surface area contributed by atoms with E-state index in [0.717, 1.165) is 23.7 Å². The van der Waals surface area contributed by atoms with Crippen molar-refractivity contribution in [2.45, 2.75) is 50.6 Å². The molecule has 5 rings (SSSR count). The first-order valence-electron chi connectivity index (χ1n) is 7.68. The van der Waals surface area contributed by atoms with Crippen molar-refractivity contribution < 1.29 is 9.59 Å². The summed E-state index contributed by atoms with van der Waals surface area (Å²) in [5.41, 5.74) is 0. The van der Waals surface area contributed by atoms with E-state index in [-0.39, 0.29) is 17.9 Å². The molecule has 4 nitrogen and oxygen atoms in total. The zero-order valence-corrected chi connectivity index (χ0v) is 11.5. The van der Waals surface area contributed by atoms with Crippen LogP contribution in [0, 0.1) is 23.7 Å². The number of carbonyl (C=O) groups excluding carboxylic acids is 2. The van der Waals surface area contributed by atoms with E-state index >= 15 is 0 Å². The molecule has 104 valence electrons.